The van der Waals surface area contributed by atoms with Crippen molar-refractivity contribution in [3.05, 3.63) is 29.7 Å². The SMILES string of the molecule is CNCc1nc2c(C(=O)OC)cccn2n1. The summed E-state index contributed by atoms with van der Waals surface area (Å²) in [6.45, 7) is 0.558. The number of aromatic nitrogens is 3. The van der Waals surface area contributed by atoms with Crippen LogP contribution in [0.2, 0.25) is 0 Å². The van der Waals surface area contributed by atoms with Gasteiger partial charge in [-0.25, -0.2) is 14.3 Å². The average Bonchev–Trinajstić information content (AvgIpc) is 2.70. The van der Waals surface area contributed by atoms with Crippen molar-refractivity contribution in [3.8, 4) is 0 Å². The average molecular weight is 220 g/mol. The third-order valence-electron chi connectivity index (χ3n) is 2.15. The number of methoxy groups -OCH3 is 1. The van der Waals surface area contributed by atoms with Crippen molar-refractivity contribution in [1.29, 1.82) is 0 Å². The quantitative estimate of drug-likeness (QED) is 0.750. The number of carbonyl (C=O) groups is 1. The van der Waals surface area contributed by atoms with Crippen LogP contribution in [-0.2, 0) is 11.3 Å². The second-order valence-corrected chi connectivity index (χ2v) is 3.24. The third-order valence-corrected chi connectivity index (χ3v) is 2.15. The number of nitrogens with zero attached hydrogens (tertiary/aromatic N) is 3. The largest absolute Gasteiger partial charge is 0.465 e. The summed E-state index contributed by atoms with van der Waals surface area (Å²) in [5, 5.41) is 7.17. The number of hydrogen-bond donors (Lipinski definition) is 1. The van der Waals surface area contributed by atoms with E-state index in [-0.39, 0.29) is 0 Å². The number of nitrogens with one attached hydrogen (secondary N) is 1. The number of fused-ring (bicyclic) bond motifs is 1. The maximum atomic E-state index is 11.5. The van der Waals surface area contributed by atoms with E-state index in [4.69, 9.17) is 0 Å². The van der Waals surface area contributed by atoms with Crippen LogP contribution in [0.4, 0.5) is 0 Å². The lowest BCUT2D eigenvalue weighted by molar-refractivity contribution is 0.0602. The molecule has 6 heteroatoms. The normalized spacial score (nSPS) is 10.6. The lowest BCUT2D eigenvalue weighted by Crippen LogP contribution is -2.06. The Bertz CT molecular complexity index is 521. The summed E-state index contributed by atoms with van der Waals surface area (Å²) >= 11 is 0. The van der Waals surface area contributed by atoms with Gasteiger partial charge in [-0.15, -0.1) is 5.10 Å². The van der Waals surface area contributed by atoms with Gasteiger partial charge in [-0.3, -0.25) is 0 Å². The first kappa shape index (κ1) is 10.6. The first-order valence-corrected chi connectivity index (χ1v) is 4.83. The molecule has 0 unspecified atom stereocenters. The van der Waals surface area contributed by atoms with Gasteiger partial charge in [0.15, 0.2) is 11.5 Å². The van der Waals surface area contributed by atoms with Crippen LogP contribution >= 0.6 is 0 Å². The minimum Gasteiger partial charge on any atom is -0.465 e. The molecule has 0 aliphatic heterocycles. The molecule has 0 aliphatic rings. The van der Waals surface area contributed by atoms with Crippen LogP contribution in [0.3, 0.4) is 0 Å². The highest BCUT2D eigenvalue weighted by molar-refractivity contribution is 5.95. The predicted octanol–water partition coefficient (Wildman–Crippen LogP) is 0.235. The third kappa shape index (κ3) is 1.74. The van der Waals surface area contributed by atoms with E-state index in [1.165, 1.54) is 7.11 Å². The van der Waals surface area contributed by atoms with E-state index in [1.54, 1.807) is 22.8 Å². The molecule has 2 aromatic heterocycles. The van der Waals surface area contributed by atoms with Gasteiger partial charge >= 0.3 is 5.97 Å². The Morgan fingerprint density at radius 1 is 1.62 bits per heavy atom. The number of ether oxygens (including phenoxy) is 1. The molecule has 0 fully saturated rings. The molecule has 0 radical (unpaired) electrons. The van der Waals surface area contributed by atoms with E-state index < -0.39 is 5.97 Å². The summed E-state index contributed by atoms with van der Waals surface area (Å²) in [7, 11) is 3.16. The fourth-order valence-electron chi connectivity index (χ4n) is 1.45. The molecule has 0 saturated heterocycles. The first-order chi connectivity index (χ1) is 7.76. The minimum absolute atomic E-state index is 0.408. The van der Waals surface area contributed by atoms with Crippen molar-refractivity contribution in [2.24, 2.45) is 0 Å². The van der Waals surface area contributed by atoms with E-state index in [0.29, 0.717) is 23.6 Å². The van der Waals surface area contributed by atoms with Gasteiger partial charge in [0, 0.05) is 6.20 Å². The second kappa shape index (κ2) is 4.28. The van der Waals surface area contributed by atoms with Gasteiger partial charge in [0.2, 0.25) is 0 Å². The summed E-state index contributed by atoms with van der Waals surface area (Å²) in [4.78, 5) is 15.7. The molecule has 2 heterocycles. The molecule has 2 rings (SSSR count). The van der Waals surface area contributed by atoms with E-state index in [0.717, 1.165) is 0 Å². The second-order valence-electron chi connectivity index (χ2n) is 3.24. The first-order valence-electron chi connectivity index (χ1n) is 4.83. The van der Waals surface area contributed by atoms with E-state index >= 15 is 0 Å². The molecule has 6 nitrogen and oxygen atoms in total. The van der Waals surface area contributed by atoms with Gasteiger partial charge in [0.05, 0.1) is 13.7 Å². The van der Waals surface area contributed by atoms with Crippen molar-refractivity contribution < 1.29 is 9.53 Å². The lowest BCUT2D eigenvalue weighted by Gasteiger charge is -1.99. The summed E-state index contributed by atoms with van der Waals surface area (Å²) in [5.74, 6) is 0.230. The van der Waals surface area contributed by atoms with Crippen LogP contribution in [0.25, 0.3) is 5.65 Å². The molecule has 0 amide bonds. The van der Waals surface area contributed by atoms with Gasteiger partial charge in [-0.05, 0) is 19.2 Å². The van der Waals surface area contributed by atoms with Crippen LogP contribution in [0.5, 0.6) is 0 Å². The molecule has 2 aromatic rings. The van der Waals surface area contributed by atoms with Crippen LogP contribution in [0.1, 0.15) is 16.2 Å². The molecule has 0 spiro atoms. The Kier molecular flexibility index (Phi) is 2.82. The molecule has 0 atom stereocenters. The van der Waals surface area contributed by atoms with Gasteiger partial charge in [0.25, 0.3) is 0 Å². The highest BCUT2D eigenvalue weighted by atomic mass is 16.5. The van der Waals surface area contributed by atoms with E-state index in [9.17, 15) is 4.79 Å². The molecular formula is C10H12N4O2. The van der Waals surface area contributed by atoms with Crippen LogP contribution in [0.15, 0.2) is 18.3 Å². The zero-order chi connectivity index (χ0) is 11.5. The zero-order valence-electron chi connectivity index (χ0n) is 9.10. The molecular weight excluding hydrogens is 208 g/mol. The topological polar surface area (TPSA) is 68.5 Å². The summed E-state index contributed by atoms with van der Waals surface area (Å²) < 4.78 is 6.25. The number of pyridine rings is 1. The fourth-order valence-corrected chi connectivity index (χ4v) is 1.45. The van der Waals surface area contributed by atoms with Crippen LogP contribution in [0, 0.1) is 0 Å². The predicted molar refractivity (Wildman–Crippen MR) is 57.1 cm³/mol. The van der Waals surface area contributed by atoms with E-state index in [2.05, 4.69) is 20.1 Å². The lowest BCUT2D eigenvalue weighted by atomic mass is 10.3. The maximum absolute atomic E-state index is 11.5. The monoisotopic (exact) mass is 220 g/mol. The fraction of sp³-hybridized carbons (Fsp3) is 0.300. The van der Waals surface area contributed by atoms with Crippen molar-refractivity contribution in [1.82, 2.24) is 19.9 Å². The molecule has 0 aromatic carbocycles. The Morgan fingerprint density at radius 3 is 3.12 bits per heavy atom. The Labute approximate surface area is 92.2 Å². The zero-order valence-corrected chi connectivity index (χ0v) is 9.10. The summed E-state index contributed by atoms with van der Waals surface area (Å²) in [6, 6.07) is 3.40. The van der Waals surface area contributed by atoms with Crippen molar-refractivity contribution in [2.45, 2.75) is 6.54 Å². The highest BCUT2D eigenvalue weighted by Gasteiger charge is 2.13. The molecule has 84 valence electrons. The van der Waals surface area contributed by atoms with Gasteiger partial charge in [-0.2, -0.15) is 0 Å². The van der Waals surface area contributed by atoms with Gasteiger partial charge in [-0.1, -0.05) is 0 Å². The Morgan fingerprint density at radius 2 is 2.44 bits per heavy atom. The smallest absolute Gasteiger partial charge is 0.341 e. The number of carbonyl (C=O) groups excluding carboxylic acids is 1. The molecule has 1 N–H and O–H groups in total. The van der Waals surface area contributed by atoms with Crippen molar-refractivity contribution in [3.63, 3.8) is 0 Å². The molecule has 0 aliphatic carbocycles. The number of rotatable bonds is 3. The summed E-state index contributed by atoms with van der Waals surface area (Å²) in [5.41, 5.74) is 0.930. The van der Waals surface area contributed by atoms with E-state index in [1.807, 2.05) is 7.05 Å². The Balaban J connectivity index is 2.54. The maximum Gasteiger partial charge on any atom is 0.341 e. The number of hydrogen-bond acceptors (Lipinski definition) is 5. The minimum atomic E-state index is -0.408. The molecule has 16 heavy (non-hydrogen) atoms. The van der Waals surface area contributed by atoms with Crippen molar-refractivity contribution in [2.75, 3.05) is 14.2 Å². The van der Waals surface area contributed by atoms with Crippen molar-refractivity contribution >= 4 is 11.6 Å². The standard InChI is InChI=1S/C10H12N4O2/c1-11-6-8-12-9-7(10(15)16-2)4-3-5-14(9)13-8/h3-5,11H,6H2,1-2H3. The summed E-state index contributed by atoms with van der Waals surface area (Å²) in [6.07, 6.45) is 1.74. The number of esters is 1. The van der Waals surface area contributed by atoms with Gasteiger partial charge in [0.1, 0.15) is 5.56 Å². The molecule has 0 saturated carbocycles. The highest BCUT2D eigenvalue weighted by Crippen LogP contribution is 2.09. The van der Waals surface area contributed by atoms with Gasteiger partial charge < -0.3 is 10.1 Å². The molecule has 0 bridgehead atoms. The van der Waals surface area contributed by atoms with Crippen LogP contribution in [-0.4, -0.2) is 34.7 Å². The van der Waals surface area contributed by atoms with Crippen LogP contribution < -0.4 is 5.32 Å². The Hall–Kier alpha value is -1.95.